The van der Waals surface area contributed by atoms with E-state index in [-0.39, 0.29) is 12.8 Å². The Kier molecular flexibility index (Phi) is 5.98. The molecule has 0 saturated heterocycles. The Hall–Kier alpha value is -3.33. The zero-order valence-electron chi connectivity index (χ0n) is 21.0. The number of aliphatic hydroxyl groups excluding tert-OH is 1. The summed E-state index contributed by atoms with van der Waals surface area (Å²) < 4.78 is 37.4. The number of ether oxygens (including phenoxy) is 2. The Morgan fingerprint density at radius 3 is 2.57 bits per heavy atom. The first kappa shape index (κ1) is 24.0. The number of benzene rings is 3. The van der Waals surface area contributed by atoms with Crippen LogP contribution in [0, 0.1) is 0 Å². The molecular formula is C29H30N2O5S. The largest absolute Gasteiger partial charge is 0.493 e. The predicted octanol–water partition coefficient (Wildman–Crippen LogP) is 4.24. The van der Waals surface area contributed by atoms with Gasteiger partial charge in [-0.2, -0.15) is 0 Å². The molecule has 7 nitrogen and oxygen atoms in total. The van der Waals surface area contributed by atoms with Gasteiger partial charge in [0.15, 0.2) is 21.3 Å². The molecule has 37 heavy (non-hydrogen) atoms. The predicted molar refractivity (Wildman–Crippen MR) is 142 cm³/mol. The van der Waals surface area contributed by atoms with Gasteiger partial charge in [-0.3, -0.25) is 4.90 Å². The molecule has 1 atom stereocenters. The highest BCUT2D eigenvalue weighted by Gasteiger charge is 2.35. The van der Waals surface area contributed by atoms with E-state index in [1.54, 1.807) is 31.4 Å². The molecule has 1 aromatic heterocycles. The Morgan fingerprint density at radius 1 is 1.05 bits per heavy atom. The average molecular weight is 519 g/mol. The average Bonchev–Trinajstić information content (AvgIpc) is 3.22. The van der Waals surface area contributed by atoms with E-state index in [4.69, 9.17) is 9.47 Å². The first-order valence-corrected chi connectivity index (χ1v) is 14.3. The number of hydrogen-bond acceptors (Lipinski definition) is 6. The summed E-state index contributed by atoms with van der Waals surface area (Å²) in [5.74, 6) is 1.38. The van der Waals surface area contributed by atoms with Gasteiger partial charge >= 0.3 is 0 Å². The zero-order valence-corrected chi connectivity index (χ0v) is 21.8. The Morgan fingerprint density at radius 2 is 1.84 bits per heavy atom. The molecule has 0 bridgehead atoms. The molecule has 1 N–H and O–H groups in total. The molecule has 3 heterocycles. The minimum Gasteiger partial charge on any atom is -0.493 e. The van der Waals surface area contributed by atoms with Gasteiger partial charge in [-0.1, -0.05) is 30.3 Å². The lowest BCUT2D eigenvalue weighted by Crippen LogP contribution is -2.39. The van der Waals surface area contributed by atoms with Gasteiger partial charge < -0.3 is 19.1 Å². The third kappa shape index (κ3) is 4.19. The van der Waals surface area contributed by atoms with Crippen LogP contribution in [0.4, 0.5) is 0 Å². The van der Waals surface area contributed by atoms with E-state index in [1.807, 2.05) is 10.6 Å². The van der Waals surface area contributed by atoms with Crippen molar-refractivity contribution >= 4 is 20.7 Å². The molecule has 1 unspecified atom stereocenters. The normalized spacial score (nSPS) is 17.2. The molecule has 0 saturated carbocycles. The summed E-state index contributed by atoms with van der Waals surface area (Å²) >= 11 is 0. The highest BCUT2D eigenvalue weighted by molar-refractivity contribution is 7.90. The molecule has 0 radical (unpaired) electrons. The third-order valence-electron chi connectivity index (χ3n) is 7.73. The van der Waals surface area contributed by atoms with Crippen LogP contribution >= 0.6 is 0 Å². The summed E-state index contributed by atoms with van der Waals surface area (Å²) in [6.45, 7) is 2.04. The molecule has 8 heteroatoms. The number of hydrogen-bond donors (Lipinski definition) is 1. The van der Waals surface area contributed by atoms with E-state index in [9.17, 15) is 13.5 Å². The Labute approximate surface area is 216 Å². The number of methoxy groups -OCH3 is 1. The summed E-state index contributed by atoms with van der Waals surface area (Å²) in [6.07, 6.45) is 2.99. The van der Waals surface area contributed by atoms with Crippen LogP contribution in [0.1, 0.15) is 34.0 Å². The van der Waals surface area contributed by atoms with Gasteiger partial charge in [0.1, 0.15) is 13.3 Å². The van der Waals surface area contributed by atoms with E-state index < -0.39 is 9.84 Å². The summed E-state index contributed by atoms with van der Waals surface area (Å²) in [5, 5.41) is 11.3. The van der Waals surface area contributed by atoms with E-state index in [0.29, 0.717) is 23.0 Å². The maximum Gasteiger partial charge on any atom is 0.175 e. The molecule has 0 amide bonds. The molecule has 2 aliphatic heterocycles. The van der Waals surface area contributed by atoms with Crippen LogP contribution in [-0.2, 0) is 42.6 Å². The van der Waals surface area contributed by atoms with Crippen molar-refractivity contribution in [1.29, 1.82) is 0 Å². The zero-order chi connectivity index (χ0) is 25.7. The molecule has 3 aromatic carbocycles. The van der Waals surface area contributed by atoms with Gasteiger partial charge in [0, 0.05) is 36.5 Å². The third-order valence-corrected chi connectivity index (χ3v) is 8.85. The summed E-state index contributed by atoms with van der Waals surface area (Å²) in [4.78, 5) is 2.80. The van der Waals surface area contributed by atoms with Crippen molar-refractivity contribution in [3.8, 4) is 11.5 Å². The highest BCUT2D eigenvalue weighted by Crippen LogP contribution is 2.44. The lowest BCUT2D eigenvalue weighted by molar-refractivity contribution is 0.145. The molecule has 0 fully saturated rings. The fraction of sp³-hybridized carbons (Fsp3) is 0.310. The standard InChI is InChI=1S/C29H30N2O5S/c1-35-28-15-23-20(13-29(28)36-17-19-7-9-21(10-8-19)37(2,33)34)11-12-30-16-27-24(14-26(23)30)22-5-3-4-6-25(22)31(27)18-32/h3-10,13,15,26,32H,11-12,14,16-18H2,1-2H3. The lowest BCUT2D eigenvalue weighted by atomic mass is 9.85. The van der Waals surface area contributed by atoms with Gasteiger partial charge in [0.2, 0.25) is 0 Å². The fourth-order valence-electron chi connectivity index (χ4n) is 5.84. The maximum atomic E-state index is 11.7. The van der Waals surface area contributed by atoms with Crippen LogP contribution in [0.5, 0.6) is 11.5 Å². The van der Waals surface area contributed by atoms with Gasteiger partial charge in [-0.25, -0.2) is 8.42 Å². The summed E-state index contributed by atoms with van der Waals surface area (Å²) in [6, 6.07) is 19.5. The first-order chi connectivity index (χ1) is 17.9. The van der Waals surface area contributed by atoms with Crippen molar-refractivity contribution in [2.24, 2.45) is 0 Å². The Bertz CT molecular complexity index is 1590. The number of aliphatic hydroxyl groups is 1. The van der Waals surface area contributed by atoms with Gasteiger partial charge in [-0.15, -0.1) is 0 Å². The topological polar surface area (TPSA) is 81.0 Å². The highest BCUT2D eigenvalue weighted by atomic mass is 32.2. The minimum atomic E-state index is -3.23. The van der Waals surface area contributed by atoms with Crippen LogP contribution in [0.2, 0.25) is 0 Å². The smallest absolute Gasteiger partial charge is 0.175 e. The number of rotatable bonds is 6. The van der Waals surface area contributed by atoms with Crippen LogP contribution in [0.3, 0.4) is 0 Å². The molecule has 6 rings (SSSR count). The van der Waals surface area contributed by atoms with Gasteiger partial charge in [0.05, 0.1) is 17.5 Å². The van der Waals surface area contributed by atoms with Crippen molar-refractivity contribution in [2.45, 2.75) is 43.7 Å². The number of aromatic nitrogens is 1. The van der Waals surface area contributed by atoms with Gasteiger partial charge in [0.25, 0.3) is 0 Å². The number of nitrogens with zero attached hydrogens (tertiary/aromatic N) is 2. The number of sulfone groups is 1. The molecule has 192 valence electrons. The van der Waals surface area contributed by atoms with E-state index >= 15 is 0 Å². The van der Waals surface area contributed by atoms with Crippen LogP contribution in [-0.4, -0.2) is 42.9 Å². The van der Waals surface area contributed by atoms with Crippen molar-refractivity contribution < 1.29 is 23.0 Å². The summed E-state index contributed by atoms with van der Waals surface area (Å²) in [7, 11) is -1.57. The van der Waals surface area contributed by atoms with E-state index in [0.717, 1.165) is 37.0 Å². The monoisotopic (exact) mass is 518 g/mol. The molecule has 2 aliphatic rings. The number of para-hydroxylation sites is 1. The van der Waals surface area contributed by atoms with Crippen LogP contribution in [0.25, 0.3) is 10.9 Å². The van der Waals surface area contributed by atoms with E-state index in [2.05, 4.69) is 35.2 Å². The quantitative estimate of drug-likeness (QED) is 0.411. The molecule has 0 aliphatic carbocycles. The van der Waals surface area contributed by atoms with Crippen molar-refractivity contribution in [3.63, 3.8) is 0 Å². The molecule has 0 spiro atoms. The van der Waals surface area contributed by atoms with Crippen molar-refractivity contribution in [1.82, 2.24) is 9.47 Å². The lowest BCUT2D eigenvalue weighted by Gasteiger charge is -2.41. The first-order valence-electron chi connectivity index (χ1n) is 12.4. The van der Waals surface area contributed by atoms with Gasteiger partial charge in [-0.05, 0) is 65.4 Å². The second-order valence-electron chi connectivity index (χ2n) is 9.86. The van der Waals surface area contributed by atoms with Crippen molar-refractivity contribution in [3.05, 3.63) is 88.6 Å². The van der Waals surface area contributed by atoms with Crippen molar-refractivity contribution in [2.75, 3.05) is 19.9 Å². The van der Waals surface area contributed by atoms with E-state index in [1.165, 1.54) is 34.0 Å². The molecular weight excluding hydrogens is 488 g/mol. The second-order valence-corrected chi connectivity index (χ2v) is 11.9. The summed E-state index contributed by atoms with van der Waals surface area (Å²) in [5.41, 5.74) is 7.02. The number of fused-ring (bicyclic) bond motifs is 6. The second kappa shape index (κ2) is 9.20. The van der Waals surface area contributed by atoms with Crippen LogP contribution < -0.4 is 9.47 Å². The SMILES string of the molecule is COc1cc2c(cc1OCc1ccc(S(C)(=O)=O)cc1)CCN1Cc3c(c4ccccc4n3CO)CC21. The minimum absolute atomic E-state index is 0.0174. The molecule has 4 aromatic rings. The fourth-order valence-corrected chi connectivity index (χ4v) is 6.47. The Balaban J connectivity index is 1.29. The van der Waals surface area contributed by atoms with Crippen LogP contribution in [0.15, 0.2) is 65.6 Å². The maximum absolute atomic E-state index is 11.7.